The van der Waals surface area contributed by atoms with E-state index in [9.17, 15) is 17.6 Å². The molecule has 6 nitrogen and oxygen atoms in total. The van der Waals surface area contributed by atoms with E-state index < -0.39 is 38.3 Å². The summed E-state index contributed by atoms with van der Waals surface area (Å²) in [5.41, 5.74) is -0.793. The molecule has 0 bridgehead atoms. The van der Waals surface area contributed by atoms with Gasteiger partial charge in [0.25, 0.3) is 0 Å². The van der Waals surface area contributed by atoms with Crippen LogP contribution in [0, 0.1) is 5.82 Å². The lowest BCUT2D eigenvalue weighted by Crippen LogP contribution is -2.39. The normalized spacial score (nSPS) is 22.4. The molecule has 2 rings (SSSR count). The van der Waals surface area contributed by atoms with Gasteiger partial charge in [-0.15, -0.1) is 0 Å². The molecule has 21 heavy (non-hydrogen) atoms. The molecule has 1 fully saturated rings. The summed E-state index contributed by atoms with van der Waals surface area (Å²) < 4.78 is 46.1. The van der Waals surface area contributed by atoms with E-state index >= 15 is 0 Å². The van der Waals surface area contributed by atoms with Gasteiger partial charge in [-0.2, -0.15) is 0 Å². The average Bonchev–Trinajstić information content (AvgIpc) is 2.76. The quantitative estimate of drug-likeness (QED) is 0.871. The molecule has 1 aliphatic heterocycles. The summed E-state index contributed by atoms with van der Waals surface area (Å²) in [7, 11) is -4.24. The standard InChI is InChI=1S/C12H13ClFNO5S/c1-6-9(2-3-20-6)15-21(18,19)10-5-7(13)4-8(11(10)14)12(16)17/h4-6,9,15H,2-3H2,1H3,(H,16,17). The third-order valence-corrected chi connectivity index (χ3v) is 4.91. The summed E-state index contributed by atoms with van der Waals surface area (Å²) in [5.74, 6) is -2.94. The molecule has 0 spiro atoms. The minimum atomic E-state index is -4.24. The Morgan fingerprint density at radius 1 is 1.52 bits per heavy atom. The first kappa shape index (κ1) is 16.2. The van der Waals surface area contributed by atoms with Crippen LogP contribution in [0.5, 0.6) is 0 Å². The number of carboxylic acid groups (broad SMARTS) is 1. The van der Waals surface area contributed by atoms with E-state index in [0.717, 1.165) is 12.1 Å². The molecule has 1 aliphatic rings. The molecule has 1 aromatic rings. The van der Waals surface area contributed by atoms with E-state index in [0.29, 0.717) is 13.0 Å². The largest absolute Gasteiger partial charge is 0.478 e. The van der Waals surface area contributed by atoms with Gasteiger partial charge in [0.05, 0.1) is 17.7 Å². The SMILES string of the molecule is CC1OCCC1NS(=O)(=O)c1cc(Cl)cc(C(=O)O)c1F. The van der Waals surface area contributed by atoms with Gasteiger partial charge in [-0.25, -0.2) is 22.3 Å². The van der Waals surface area contributed by atoms with Gasteiger partial charge < -0.3 is 9.84 Å². The van der Waals surface area contributed by atoms with Crippen molar-refractivity contribution in [1.29, 1.82) is 0 Å². The lowest BCUT2D eigenvalue weighted by molar-refractivity contribution is 0.0691. The third-order valence-electron chi connectivity index (χ3n) is 3.21. The first-order valence-electron chi connectivity index (χ1n) is 6.08. The predicted octanol–water partition coefficient (Wildman–Crippen LogP) is 1.63. The van der Waals surface area contributed by atoms with Crippen molar-refractivity contribution in [1.82, 2.24) is 4.72 Å². The van der Waals surface area contributed by atoms with Crippen LogP contribution in [-0.2, 0) is 14.8 Å². The van der Waals surface area contributed by atoms with Gasteiger partial charge in [-0.3, -0.25) is 0 Å². The van der Waals surface area contributed by atoms with Crippen molar-refractivity contribution in [2.24, 2.45) is 0 Å². The Kier molecular flexibility index (Phi) is 4.52. The summed E-state index contributed by atoms with van der Waals surface area (Å²) >= 11 is 5.67. The number of carbonyl (C=O) groups is 1. The van der Waals surface area contributed by atoms with E-state index in [2.05, 4.69) is 4.72 Å². The van der Waals surface area contributed by atoms with Crippen molar-refractivity contribution in [2.45, 2.75) is 30.4 Å². The first-order valence-corrected chi connectivity index (χ1v) is 7.95. The number of ether oxygens (including phenoxy) is 1. The molecule has 1 saturated heterocycles. The van der Waals surface area contributed by atoms with Crippen LogP contribution in [0.15, 0.2) is 17.0 Å². The zero-order valence-corrected chi connectivity index (χ0v) is 12.5. The van der Waals surface area contributed by atoms with Crippen molar-refractivity contribution in [2.75, 3.05) is 6.61 Å². The van der Waals surface area contributed by atoms with Crippen LogP contribution in [0.25, 0.3) is 0 Å². The maximum atomic E-state index is 14.1. The number of carboxylic acids is 1. The van der Waals surface area contributed by atoms with Gasteiger partial charge in [-0.05, 0) is 25.5 Å². The minimum absolute atomic E-state index is 0.176. The van der Waals surface area contributed by atoms with Crippen LogP contribution >= 0.6 is 11.6 Å². The molecule has 1 heterocycles. The number of hydrogen-bond donors (Lipinski definition) is 2. The van der Waals surface area contributed by atoms with Crippen LogP contribution in [0.3, 0.4) is 0 Å². The number of aromatic carboxylic acids is 1. The van der Waals surface area contributed by atoms with E-state index in [1.54, 1.807) is 6.92 Å². The predicted molar refractivity (Wildman–Crippen MR) is 72.5 cm³/mol. The highest BCUT2D eigenvalue weighted by atomic mass is 35.5. The second-order valence-corrected chi connectivity index (χ2v) is 6.78. The highest BCUT2D eigenvalue weighted by molar-refractivity contribution is 7.89. The highest BCUT2D eigenvalue weighted by Gasteiger charge is 2.32. The molecule has 0 amide bonds. The van der Waals surface area contributed by atoms with Crippen LogP contribution in [0.4, 0.5) is 4.39 Å². The maximum absolute atomic E-state index is 14.1. The summed E-state index contributed by atoms with van der Waals surface area (Å²) in [6.45, 7) is 2.09. The van der Waals surface area contributed by atoms with E-state index in [1.165, 1.54) is 0 Å². The number of hydrogen-bond acceptors (Lipinski definition) is 4. The molecular formula is C12H13ClFNO5S. The van der Waals surface area contributed by atoms with Gasteiger partial charge in [0.2, 0.25) is 10.0 Å². The monoisotopic (exact) mass is 337 g/mol. The lowest BCUT2D eigenvalue weighted by atomic mass is 10.2. The fraction of sp³-hybridized carbons (Fsp3) is 0.417. The molecular weight excluding hydrogens is 325 g/mol. The van der Waals surface area contributed by atoms with Crippen molar-refractivity contribution < 1.29 is 27.4 Å². The smallest absolute Gasteiger partial charge is 0.338 e. The fourth-order valence-corrected chi connectivity index (χ4v) is 3.81. The minimum Gasteiger partial charge on any atom is -0.478 e. The molecule has 0 aliphatic carbocycles. The second-order valence-electron chi connectivity index (χ2n) is 4.66. The molecule has 9 heteroatoms. The summed E-state index contributed by atoms with van der Waals surface area (Å²) in [5, 5.41) is 8.70. The van der Waals surface area contributed by atoms with Gasteiger partial charge in [-0.1, -0.05) is 11.6 Å². The lowest BCUT2D eigenvalue weighted by Gasteiger charge is -2.17. The first-order chi connectivity index (χ1) is 9.72. The van der Waals surface area contributed by atoms with Gasteiger partial charge in [0.15, 0.2) is 5.82 Å². The zero-order valence-electron chi connectivity index (χ0n) is 11.0. The Balaban J connectivity index is 2.42. The van der Waals surface area contributed by atoms with Crippen molar-refractivity contribution >= 4 is 27.6 Å². The summed E-state index contributed by atoms with van der Waals surface area (Å²) in [6, 6.07) is 1.24. The Morgan fingerprint density at radius 2 is 2.19 bits per heavy atom. The van der Waals surface area contributed by atoms with Gasteiger partial charge >= 0.3 is 5.97 Å². The Morgan fingerprint density at radius 3 is 2.71 bits per heavy atom. The van der Waals surface area contributed by atoms with Crippen LogP contribution < -0.4 is 4.72 Å². The van der Waals surface area contributed by atoms with Crippen molar-refractivity contribution in [3.8, 4) is 0 Å². The maximum Gasteiger partial charge on any atom is 0.338 e. The molecule has 2 atom stereocenters. The Bertz CT molecular complexity index is 678. The topological polar surface area (TPSA) is 92.7 Å². The molecule has 116 valence electrons. The van der Waals surface area contributed by atoms with E-state index in [1.807, 2.05) is 0 Å². The molecule has 2 N–H and O–H groups in total. The van der Waals surface area contributed by atoms with E-state index in [-0.39, 0.29) is 11.1 Å². The molecule has 2 unspecified atom stereocenters. The number of nitrogens with one attached hydrogen (secondary N) is 1. The Hall–Kier alpha value is -1.22. The second kappa shape index (κ2) is 5.88. The van der Waals surface area contributed by atoms with E-state index in [4.69, 9.17) is 21.4 Å². The third kappa shape index (κ3) is 3.34. The fourth-order valence-electron chi connectivity index (χ4n) is 2.06. The number of benzene rings is 1. The molecule has 0 saturated carbocycles. The van der Waals surface area contributed by atoms with Gasteiger partial charge in [0, 0.05) is 11.6 Å². The van der Waals surface area contributed by atoms with Crippen molar-refractivity contribution in [3.05, 3.63) is 28.5 Å². The molecule has 0 aromatic heterocycles. The number of sulfonamides is 1. The highest BCUT2D eigenvalue weighted by Crippen LogP contribution is 2.25. The Labute approximate surface area is 125 Å². The molecule has 0 radical (unpaired) electrons. The molecule has 1 aromatic carbocycles. The zero-order chi connectivity index (χ0) is 15.8. The van der Waals surface area contributed by atoms with Crippen LogP contribution in [-0.4, -0.2) is 38.2 Å². The van der Waals surface area contributed by atoms with Gasteiger partial charge in [0.1, 0.15) is 4.90 Å². The van der Waals surface area contributed by atoms with Crippen LogP contribution in [0.2, 0.25) is 5.02 Å². The van der Waals surface area contributed by atoms with Crippen LogP contribution in [0.1, 0.15) is 23.7 Å². The summed E-state index contributed by atoms with van der Waals surface area (Å²) in [4.78, 5) is 10.1. The number of rotatable bonds is 4. The van der Waals surface area contributed by atoms with Crippen molar-refractivity contribution in [3.63, 3.8) is 0 Å². The average molecular weight is 338 g/mol. The number of halogens is 2. The summed E-state index contributed by atoms with van der Waals surface area (Å²) in [6.07, 6.45) is 0.106.